The molecule has 0 spiro atoms. The predicted molar refractivity (Wildman–Crippen MR) is 128 cm³/mol. The number of nitrogens with zero attached hydrogens (tertiary/aromatic N) is 2. The number of benzene rings is 3. The Labute approximate surface area is 190 Å². The molecule has 1 saturated heterocycles. The van der Waals surface area contributed by atoms with E-state index >= 15 is 0 Å². The third-order valence-electron chi connectivity index (χ3n) is 6.17. The van der Waals surface area contributed by atoms with Crippen molar-refractivity contribution in [2.75, 3.05) is 18.0 Å². The first-order chi connectivity index (χ1) is 15.6. The first-order valence-electron chi connectivity index (χ1n) is 11.4. The summed E-state index contributed by atoms with van der Waals surface area (Å²) in [5.41, 5.74) is 4.42. The van der Waals surface area contributed by atoms with Crippen molar-refractivity contribution in [3.8, 4) is 0 Å². The number of rotatable bonds is 8. The maximum Gasteiger partial charge on any atom is 0.228 e. The Morgan fingerprint density at radius 1 is 0.875 bits per heavy atom. The van der Waals surface area contributed by atoms with Gasteiger partial charge in [0, 0.05) is 31.7 Å². The Morgan fingerprint density at radius 3 is 2.12 bits per heavy atom. The number of anilines is 1. The molecule has 4 nitrogen and oxygen atoms in total. The van der Waals surface area contributed by atoms with Crippen LogP contribution in [0.2, 0.25) is 0 Å². The lowest BCUT2D eigenvalue weighted by Gasteiger charge is -2.26. The fourth-order valence-electron chi connectivity index (χ4n) is 4.27. The van der Waals surface area contributed by atoms with Crippen LogP contribution in [0.1, 0.15) is 30.0 Å². The molecule has 0 bridgehead atoms. The molecule has 0 N–H and O–H groups in total. The van der Waals surface area contributed by atoms with Crippen molar-refractivity contribution < 1.29 is 9.59 Å². The molecular weight excluding hydrogens is 396 g/mol. The van der Waals surface area contributed by atoms with E-state index in [0.29, 0.717) is 19.6 Å². The van der Waals surface area contributed by atoms with Gasteiger partial charge >= 0.3 is 0 Å². The standard InChI is InChI=1S/C28H30N2O2/c1-2-22-13-15-26(16-14-22)30-21-25(19-27(30)31)28(32)29(20-24-11-7-4-8-12-24)18-17-23-9-5-3-6-10-23/h3-16,25H,2,17-21H2,1H3. The van der Waals surface area contributed by atoms with Gasteiger partial charge in [-0.25, -0.2) is 0 Å². The number of hydrogen-bond donors (Lipinski definition) is 0. The van der Waals surface area contributed by atoms with Crippen molar-refractivity contribution in [1.82, 2.24) is 4.90 Å². The van der Waals surface area contributed by atoms with Crippen LogP contribution in [0.5, 0.6) is 0 Å². The molecule has 1 aliphatic rings. The van der Waals surface area contributed by atoms with Crippen LogP contribution in [0.4, 0.5) is 5.69 Å². The van der Waals surface area contributed by atoms with E-state index in [-0.39, 0.29) is 24.2 Å². The third kappa shape index (κ3) is 5.25. The summed E-state index contributed by atoms with van der Waals surface area (Å²) in [6.45, 7) is 3.75. The molecule has 1 fully saturated rings. The van der Waals surface area contributed by atoms with Crippen LogP contribution in [0.25, 0.3) is 0 Å². The summed E-state index contributed by atoms with van der Waals surface area (Å²) in [7, 11) is 0. The molecule has 1 unspecified atom stereocenters. The zero-order chi connectivity index (χ0) is 22.3. The molecule has 1 atom stereocenters. The molecule has 1 aliphatic heterocycles. The topological polar surface area (TPSA) is 40.6 Å². The highest BCUT2D eigenvalue weighted by atomic mass is 16.2. The Kier molecular flexibility index (Phi) is 7.00. The first-order valence-corrected chi connectivity index (χ1v) is 11.4. The zero-order valence-electron chi connectivity index (χ0n) is 18.6. The van der Waals surface area contributed by atoms with E-state index in [9.17, 15) is 9.59 Å². The monoisotopic (exact) mass is 426 g/mol. The Bertz CT molecular complexity index is 1030. The van der Waals surface area contributed by atoms with E-state index in [4.69, 9.17) is 0 Å². The molecule has 0 aromatic heterocycles. The van der Waals surface area contributed by atoms with Crippen LogP contribution in [-0.4, -0.2) is 29.8 Å². The molecule has 1 heterocycles. The molecule has 0 saturated carbocycles. The lowest BCUT2D eigenvalue weighted by Crippen LogP contribution is -2.38. The minimum Gasteiger partial charge on any atom is -0.338 e. The van der Waals surface area contributed by atoms with Gasteiger partial charge in [0.05, 0.1) is 5.92 Å². The number of hydrogen-bond acceptors (Lipinski definition) is 2. The second-order valence-corrected chi connectivity index (χ2v) is 8.41. The molecular formula is C28H30N2O2. The van der Waals surface area contributed by atoms with E-state index in [0.717, 1.165) is 24.1 Å². The number of carbonyl (C=O) groups is 2. The minimum atomic E-state index is -0.312. The van der Waals surface area contributed by atoms with Crippen LogP contribution < -0.4 is 4.90 Å². The highest BCUT2D eigenvalue weighted by molar-refractivity contribution is 6.00. The van der Waals surface area contributed by atoms with Crippen molar-refractivity contribution in [2.45, 2.75) is 32.7 Å². The van der Waals surface area contributed by atoms with Crippen molar-refractivity contribution in [1.29, 1.82) is 0 Å². The second kappa shape index (κ2) is 10.3. The molecule has 0 aliphatic carbocycles. The van der Waals surface area contributed by atoms with Crippen LogP contribution >= 0.6 is 0 Å². The molecule has 32 heavy (non-hydrogen) atoms. The Morgan fingerprint density at radius 2 is 1.50 bits per heavy atom. The van der Waals surface area contributed by atoms with Crippen LogP contribution in [0, 0.1) is 5.92 Å². The van der Waals surface area contributed by atoms with Crippen LogP contribution in [-0.2, 0) is 29.0 Å². The average Bonchev–Trinajstić information content (AvgIpc) is 3.24. The van der Waals surface area contributed by atoms with Gasteiger partial charge in [0.1, 0.15) is 0 Å². The van der Waals surface area contributed by atoms with Gasteiger partial charge in [-0.15, -0.1) is 0 Å². The lowest BCUT2D eigenvalue weighted by atomic mass is 10.1. The summed E-state index contributed by atoms with van der Waals surface area (Å²) in [6.07, 6.45) is 2.03. The van der Waals surface area contributed by atoms with E-state index in [1.54, 1.807) is 4.90 Å². The number of aryl methyl sites for hydroxylation is 1. The zero-order valence-corrected chi connectivity index (χ0v) is 18.6. The fourth-order valence-corrected chi connectivity index (χ4v) is 4.27. The van der Waals surface area contributed by atoms with Gasteiger partial charge in [-0.05, 0) is 41.7 Å². The largest absolute Gasteiger partial charge is 0.338 e. The van der Waals surface area contributed by atoms with Crippen molar-refractivity contribution in [2.24, 2.45) is 5.92 Å². The van der Waals surface area contributed by atoms with Gasteiger partial charge < -0.3 is 9.80 Å². The molecule has 2 amide bonds. The van der Waals surface area contributed by atoms with Gasteiger partial charge in [0.2, 0.25) is 11.8 Å². The van der Waals surface area contributed by atoms with Crippen LogP contribution in [0.3, 0.4) is 0 Å². The maximum absolute atomic E-state index is 13.5. The Hall–Kier alpha value is -3.40. The highest BCUT2D eigenvalue weighted by Crippen LogP contribution is 2.27. The van der Waals surface area contributed by atoms with Gasteiger partial charge in [-0.1, -0.05) is 79.7 Å². The predicted octanol–water partition coefficient (Wildman–Crippen LogP) is 4.87. The van der Waals surface area contributed by atoms with Gasteiger partial charge in [-0.3, -0.25) is 9.59 Å². The van der Waals surface area contributed by atoms with E-state index in [2.05, 4.69) is 31.2 Å². The smallest absolute Gasteiger partial charge is 0.228 e. The normalized spacial score (nSPS) is 15.7. The summed E-state index contributed by atoms with van der Waals surface area (Å²) >= 11 is 0. The second-order valence-electron chi connectivity index (χ2n) is 8.41. The molecule has 4 rings (SSSR count). The van der Waals surface area contributed by atoms with Crippen molar-refractivity contribution in [3.63, 3.8) is 0 Å². The molecule has 3 aromatic rings. The molecule has 3 aromatic carbocycles. The fraction of sp³-hybridized carbons (Fsp3) is 0.286. The third-order valence-corrected chi connectivity index (χ3v) is 6.17. The lowest BCUT2D eigenvalue weighted by molar-refractivity contribution is -0.136. The summed E-state index contributed by atoms with van der Waals surface area (Å²) in [6, 6.07) is 28.4. The first kappa shape index (κ1) is 21.8. The quantitative estimate of drug-likeness (QED) is 0.515. The summed E-state index contributed by atoms with van der Waals surface area (Å²) < 4.78 is 0. The summed E-state index contributed by atoms with van der Waals surface area (Å²) in [5, 5.41) is 0. The molecule has 164 valence electrons. The van der Waals surface area contributed by atoms with E-state index < -0.39 is 0 Å². The van der Waals surface area contributed by atoms with Gasteiger partial charge in [0.15, 0.2) is 0 Å². The Balaban J connectivity index is 1.48. The molecule has 4 heteroatoms. The number of amides is 2. The van der Waals surface area contributed by atoms with Crippen molar-refractivity contribution >= 4 is 17.5 Å². The van der Waals surface area contributed by atoms with E-state index in [1.807, 2.05) is 65.6 Å². The summed E-state index contributed by atoms with van der Waals surface area (Å²) in [5.74, 6) is -0.228. The van der Waals surface area contributed by atoms with E-state index in [1.165, 1.54) is 11.1 Å². The maximum atomic E-state index is 13.5. The van der Waals surface area contributed by atoms with Gasteiger partial charge in [0.25, 0.3) is 0 Å². The number of carbonyl (C=O) groups excluding carboxylic acids is 2. The van der Waals surface area contributed by atoms with Crippen LogP contribution in [0.15, 0.2) is 84.9 Å². The molecule has 0 radical (unpaired) electrons. The van der Waals surface area contributed by atoms with Crippen molar-refractivity contribution in [3.05, 3.63) is 102 Å². The minimum absolute atomic E-state index is 0.0234. The average molecular weight is 427 g/mol. The highest BCUT2D eigenvalue weighted by Gasteiger charge is 2.37. The SMILES string of the molecule is CCc1ccc(N2CC(C(=O)N(CCc3ccccc3)Cc3ccccc3)CC2=O)cc1. The summed E-state index contributed by atoms with van der Waals surface area (Å²) in [4.78, 5) is 30.0. The van der Waals surface area contributed by atoms with Gasteiger partial charge in [-0.2, -0.15) is 0 Å².